The fraction of sp³-hybridized carbons (Fsp3) is 0.250. The summed E-state index contributed by atoms with van der Waals surface area (Å²) in [6, 6.07) is 9.32. The summed E-state index contributed by atoms with van der Waals surface area (Å²) >= 11 is 0. The Labute approximate surface area is 124 Å². The molecule has 0 bridgehead atoms. The maximum absolute atomic E-state index is 12.4. The molecule has 0 aliphatic rings. The highest BCUT2D eigenvalue weighted by Crippen LogP contribution is 2.27. The van der Waals surface area contributed by atoms with Gasteiger partial charge in [-0.1, -0.05) is 32.0 Å². The van der Waals surface area contributed by atoms with Crippen LogP contribution in [0.3, 0.4) is 0 Å². The third-order valence-electron chi connectivity index (χ3n) is 3.32. The number of aromatic nitrogens is 1. The number of nitrogens with zero attached hydrogens (tertiary/aromatic N) is 1. The fourth-order valence-corrected chi connectivity index (χ4v) is 2.16. The zero-order valence-electron chi connectivity index (χ0n) is 12.5. The summed E-state index contributed by atoms with van der Waals surface area (Å²) < 4.78 is 0. The second kappa shape index (κ2) is 6.37. The highest BCUT2D eigenvalue weighted by atomic mass is 16.1. The second-order valence-electron chi connectivity index (χ2n) is 5.22. The Balaban J connectivity index is 2.31. The van der Waals surface area contributed by atoms with Gasteiger partial charge < -0.3 is 10.7 Å². The first-order chi connectivity index (χ1) is 10.0. The van der Waals surface area contributed by atoms with Gasteiger partial charge in [-0.2, -0.15) is 0 Å². The van der Waals surface area contributed by atoms with Gasteiger partial charge in [0.15, 0.2) is 0 Å². The van der Waals surface area contributed by atoms with E-state index in [1.165, 1.54) is 0 Å². The molecule has 2 rings (SSSR count). The van der Waals surface area contributed by atoms with Crippen molar-refractivity contribution in [2.75, 3.05) is 10.7 Å². The summed E-state index contributed by atoms with van der Waals surface area (Å²) in [6.45, 7) is 6.18. The molecule has 1 aromatic carbocycles. The molecular formula is C16H20N4O. The normalized spacial score (nSPS) is 10.5. The van der Waals surface area contributed by atoms with Crippen LogP contribution in [0.15, 0.2) is 36.5 Å². The van der Waals surface area contributed by atoms with E-state index < -0.39 is 0 Å². The van der Waals surface area contributed by atoms with E-state index in [9.17, 15) is 4.79 Å². The molecule has 0 radical (unpaired) electrons. The highest BCUT2D eigenvalue weighted by Gasteiger charge is 2.14. The van der Waals surface area contributed by atoms with Crippen molar-refractivity contribution in [3.63, 3.8) is 0 Å². The van der Waals surface area contributed by atoms with E-state index in [1.807, 2.05) is 25.1 Å². The number of hydrogen-bond donors (Lipinski definition) is 3. The van der Waals surface area contributed by atoms with Crippen LogP contribution >= 0.6 is 0 Å². The van der Waals surface area contributed by atoms with Gasteiger partial charge in [0, 0.05) is 11.9 Å². The van der Waals surface area contributed by atoms with Crippen LogP contribution in [-0.4, -0.2) is 10.9 Å². The van der Waals surface area contributed by atoms with Crippen molar-refractivity contribution in [3.05, 3.63) is 53.3 Å². The molecule has 0 aliphatic heterocycles. The molecule has 0 spiro atoms. The van der Waals surface area contributed by atoms with Gasteiger partial charge in [0.2, 0.25) is 0 Å². The molecule has 0 fully saturated rings. The zero-order valence-corrected chi connectivity index (χ0v) is 12.5. The van der Waals surface area contributed by atoms with Crippen molar-refractivity contribution in [2.45, 2.75) is 26.7 Å². The first kappa shape index (κ1) is 15.0. The van der Waals surface area contributed by atoms with E-state index in [2.05, 4.69) is 29.6 Å². The molecular weight excluding hydrogens is 264 g/mol. The van der Waals surface area contributed by atoms with E-state index in [1.54, 1.807) is 18.3 Å². The molecule has 1 amide bonds. The van der Waals surface area contributed by atoms with Gasteiger partial charge in [-0.3, -0.25) is 15.6 Å². The highest BCUT2D eigenvalue weighted by molar-refractivity contribution is 6.04. The number of para-hydroxylation sites is 1. The minimum absolute atomic E-state index is 0.247. The molecule has 0 aliphatic carbocycles. The molecule has 4 N–H and O–H groups in total. The fourth-order valence-electron chi connectivity index (χ4n) is 2.16. The SMILES string of the molecule is Cc1cccc(C(C)C)c1NC(=O)c1cc(NN)ccn1. The van der Waals surface area contributed by atoms with Gasteiger partial charge >= 0.3 is 0 Å². The number of aryl methyl sites for hydroxylation is 1. The number of anilines is 2. The van der Waals surface area contributed by atoms with E-state index in [0.717, 1.165) is 16.8 Å². The van der Waals surface area contributed by atoms with Crippen LogP contribution < -0.4 is 16.6 Å². The number of hydrogen-bond acceptors (Lipinski definition) is 4. The molecule has 21 heavy (non-hydrogen) atoms. The number of hydrazine groups is 1. The van der Waals surface area contributed by atoms with Crippen molar-refractivity contribution in [1.82, 2.24) is 4.98 Å². The Morgan fingerprint density at radius 1 is 1.29 bits per heavy atom. The largest absolute Gasteiger partial charge is 0.324 e. The summed E-state index contributed by atoms with van der Waals surface area (Å²) in [6.07, 6.45) is 1.55. The third kappa shape index (κ3) is 3.38. The molecule has 0 saturated carbocycles. The Hall–Kier alpha value is -2.40. The van der Waals surface area contributed by atoms with Gasteiger partial charge in [0.25, 0.3) is 5.91 Å². The predicted octanol–water partition coefficient (Wildman–Crippen LogP) is 3.05. The Kier molecular flexibility index (Phi) is 4.55. The number of nitrogens with one attached hydrogen (secondary N) is 2. The summed E-state index contributed by atoms with van der Waals surface area (Å²) in [7, 11) is 0. The van der Waals surface area contributed by atoms with Crippen LogP contribution in [0.2, 0.25) is 0 Å². The van der Waals surface area contributed by atoms with Gasteiger partial charge in [-0.25, -0.2) is 0 Å². The van der Waals surface area contributed by atoms with E-state index >= 15 is 0 Å². The lowest BCUT2D eigenvalue weighted by Gasteiger charge is -2.16. The van der Waals surface area contributed by atoms with Crippen LogP contribution in [0.1, 0.15) is 41.4 Å². The van der Waals surface area contributed by atoms with Crippen molar-refractivity contribution >= 4 is 17.3 Å². The third-order valence-corrected chi connectivity index (χ3v) is 3.32. The maximum Gasteiger partial charge on any atom is 0.274 e. The topological polar surface area (TPSA) is 80.0 Å². The van der Waals surface area contributed by atoms with Crippen LogP contribution in [-0.2, 0) is 0 Å². The second-order valence-corrected chi connectivity index (χ2v) is 5.22. The summed E-state index contributed by atoms with van der Waals surface area (Å²) in [5.74, 6) is 5.43. The minimum atomic E-state index is -0.247. The van der Waals surface area contributed by atoms with E-state index in [4.69, 9.17) is 5.84 Å². The summed E-state index contributed by atoms with van der Waals surface area (Å²) in [5, 5.41) is 2.96. The molecule has 0 atom stereocenters. The average molecular weight is 284 g/mol. The molecule has 5 heteroatoms. The molecule has 5 nitrogen and oxygen atoms in total. The van der Waals surface area contributed by atoms with E-state index in [0.29, 0.717) is 17.3 Å². The van der Waals surface area contributed by atoms with Gasteiger partial charge in [-0.15, -0.1) is 0 Å². The number of pyridine rings is 1. The van der Waals surface area contributed by atoms with Crippen molar-refractivity contribution < 1.29 is 4.79 Å². The number of rotatable bonds is 4. The number of carbonyl (C=O) groups excluding carboxylic acids is 1. The standard InChI is InChI=1S/C16H20N4O/c1-10(2)13-6-4-5-11(3)15(13)19-16(21)14-9-12(20-17)7-8-18-14/h4-10H,17H2,1-3H3,(H,18,20)(H,19,21). The number of benzene rings is 1. The maximum atomic E-state index is 12.4. The molecule has 1 heterocycles. The molecule has 2 aromatic rings. The van der Waals surface area contributed by atoms with E-state index in [-0.39, 0.29) is 5.91 Å². The van der Waals surface area contributed by atoms with Crippen LogP contribution in [0.5, 0.6) is 0 Å². The number of nitrogen functional groups attached to an aromatic ring is 1. The number of amides is 1. The molecule has 0 saturated heterocycles. The molecule has 0 unspecified atom stereocenters. The van der Waals surface area contributed by atoms with Crippen LogP contribution in [0.4, 0.5) is 11.4 Å². The number of nitrogens with two attached hydrogens (primary N) is 1. The van der Waals surface area contributed by atoms with Gasteiger partial charge in [0.1, 0.15) is 5.69 Å². The smallest absolute Gasteiger partial charge is 0.274 e. The lowest BCUT2D eigenvalue weighted by molar-refractivity contribution is 0.102. The predicted molar refractivity (Wildman–Crippen MR) is 85.3 cm³/mol. The van der Waals surface area contributed by atoms with Gasteiger partial charge in [0.05, 0.1) is 5.69 Å². The lowest BCUT2D eigenvalue weighted by Crippen LogP contribution is -2.17. The van der Waals surface area contributed by atoms with Crippen LogP contribution in [0, 0.1) is 6.92 Å². The number of carbonyl (C=O) groups is 1. The quantitative estimate of drug-likeness (QED) is 0.595. The van der Waals surface area contributed by atoms with Gasteiger partial charge in [-0.05, 0) is 36.1 Å². The van der Waals surface area contributed by atoms with Crippen LogP contribution in [0.25, 0.3) is 0 Å². The summed E-state index contributed by atoms with van der Waals surface area (Å²) in [5.41, 5.74) is 6.46. The average Bonchev–Trinajstić information content (AvgIpc) is 2.49. The van der Waals surface area contributed by atoms with Crippen molar-refractivity contribution in [3.8, 4) is 0 Å². The first-order valence-corrected chi connectivity index (χ1v) is 6.86. The summed E-state index contributed by atoms with van der Waals surface area (Å²) in [4.78, 5) is 16.4. The molecule has 110 valence electrons. The molecule has 1 aromatic heterocycles. The van der Waals surface area contributed by atoms with Crippen molar-refractivity contribution in [2.24, 2.45) is 5.84 Å². The monoisotopic (exact) mass is 284 g/mol. The lowest BCUT2D eigenvalue weighted by atomic mass is 9.98. The van der Waals surface area contributed by atoms with Crippen molar-refractivity contribution in [1.29, 1.82) is 0 Å². The first-order valence-electron chi connectivity index (χ1n) is 6.86. The Morgan fingerprint density at radius 3 is 2.71 bits per heavy atom. The zero-order chi connectivity index (χ0) is 15.4. The Morgan fingerprint density at radius 2 is 2.05 bits per heavy atom. The minimum Gasteiger partial charge on any atom is -0.324 e. The Bertz CT molecular complexity index is 652.